The molecule has 1 saturated heterocycles. The van der Waals surface area contributed by atoms with Gasteiger partial charge in [-0.1, -0.05) is 0 Å². The number of aromatic nitrogens is 2. The van der Waals surface area contributed by atoms with E-state index in [1.807, 2.05) is 0 Å². The number of hydrogen-bond donors (Lipinski definition) is 2. The van der Waals surface area contributed by atoms with E-state index in [1.165, 1.54) is 16.7 Å². The van der Waals surface area contributed by atoms with Crippen molar-refractivity contribution in [1.29, 1.82) is 0 Å². The van der Waals surface area contributed by atoms with E-state index >= 15 is 0 Å². The van der Waals surface area contributed by atoms with Crippen LogP contribution in [0.1, 0.15) is 0 Å². The fraction of sp³-hybridized carbons (Fsp3) is 0.500. The van der Waals surface area contributed by atoms with Crippen LogP contribution in [-0.4, -0.2) is 49.0 Å². The quantitative estimate of drug-likeness (QED) is 0.517. The predicted octanol–water partition coefficient (Wildman–Crippen LogP) is -1.22. The Labute approximate surface area is 98.8 Å². The van der Waals surface area contributed by atoms with Crippen molar-refractivity contribution in [2.45, 2.75) is 4.90 Å². The second-order valence-corrected chi connectivity index (χ2v) is 5.34. The molecule has 0 saturated carbocycles. The maximum absolute atomic E-state index is 12.1. The van der Waals surface area contributed by atoms with Crippen LogP contribution in [0.15, 0.2) is 17.3 Å². The highest BCUT2D eigenvalue weighted by Gasteiger charge is 2.26. The van der Waals surface area contributed by atoms with Crippen molar-refractivity contribution in [3.63, 3.8) is 0 Å². The molecule has 17 heavy (non-hydrogen) atoms. The molecule has 2 rings (SSSR count). The first-order chi connectivity index (χ1) is 8.14. The fourth-order valence-electron chi connectivity index (χ4n) is 1.46. The second kappa shape index (κ2) is 4.92. The minimum Gasteiger partial charge on any atom is -0.379 e. The third-order valence-electron chi connectivity index (χ3n) is 2.37. The zero-order valence-corrected chi connectivity index (χ0v) is 9.85. The number of sulfonamides is 1. The van der Waals surface area contributed by atoms with Gasteiger partial charge >= 0.3 is 0 Å². The summed E-state index contributed by atoms with van der Waals surface area (Å²) in [4.78, 5) is 7.60. The molecular formula is C8H13N5O3S. The number of hydrazine groups is 1. The molecule has 1 aromatic rings. The summed E-state index contributed by atoms with van der Waals surface area (Å²) >= 11 is 0. The lowest BCUT2D eigenvalue weighted by atomic mass is 10.5. The Hall–Kier alpha value is -1.29. The molecule has 0 spiro atoms. The van der Waals surface area contributed by atoms with Gasteiger partial charge in [0.2, 0.25) is 16.0 Å². The van der Waals surface area contributed by atoms with Gasteiger partial charge in [-0.3, -0.25) is 5.43 Å². The Morgan fingerprint density at radius 1 is 1.29 bits per heavy atom. The van der Waals surface area contributed by atoms with Gasteiger partial charge in [0.05, 0.1) is 25.6 Å². The second-order valence-electron chi connectivity index (χ2n) is 3.40. The highest BCUT2D eigenvalue weighted by atomic mass is 32.2. The Morgan fingerprint density at radius 3 is 2.41 bits per heavy atom. The molecule has 1 fully saturated rings. The number of nitrogens with one attached hydrogen (secondary N) is 1. The van der Waals surface area contributed by atoms with E-state index in [0.717, 1.165) is 0 Å². The summed E-state index contributed by atoms with van der Waals surface area (Å²) in [6, 6.07) is 0. The van der Waals surface area contributed by atoms with Gasteiger partial charge in [-0.2, -0.15) is 4.31 Å². The molecular weight excluding hydrogens is 246 g/mol. The zero-order valence-electron chi connectivity index (χ0n) is 9.04. The highest BCUT2D eigenvalue weighted by Crippen LogP contribution is 2.15. The molecule has 2 heterocycles. The number of ether oxygens (including phenoxy) is 1. The van der Waals surface area contributed by atoms with E-state index in [0.29, 0.717) is 26.3 Å². The van der Waals surface area contributed by atoms with E-state index in [2.05, 4.69) is 15.4 Å². The van der Waals surface area contributed by atoms with Crippen molar-refractivity contribution in [2.24, 2.45) is 5.84 Å². The van der Waals surface area contributed by atoms with Crippen LogP contribution in [-0.2, 0) is 14.8 Å². The molecule has 0 aromatic carbocycles. The topological polar surface area (TPSA) is 110 Å². The number of rotatable bonds is 3. The molecule has 9 heteroatoms. The van der Waals surface area contributed by atoms with Crippen LogP contribution < -0.4 is 11.3 Å². The lowest BCUT2D eigenvalue weighted by Gasteiger charge is -2.25. The Balaban J connectivity index is 2.23. The predicted molar refractivity (Wildman–Crippen MR) is 59.4 cm³/mol. The summed E-state index contributed by atoms with van der Waals surface area (Å²) in [5.41, 5.74) is 2.23. The van der Waals surface area contributed by atoms with Gasteiger partial charge in [0.25, 0.3) is 0 Å². The standard InChI is InChI=1S/C8H13N5O3S/c9-12-8-10-5-7(6-11-8)17(14,15)13-1-3-16-4-2-13/h5-6H,1-4,9H2,(H,10,11,12). The van der Waals surface area contributed by atoms with Gasteiger partial charge in [-0.25, -0.2) is 24.2 Å². The molecule has 3 N–H and O–H groups in total. The molecule has 8 nitrogen and oxygen atoms in total. The van der Waals surface area contributed by atoms with Crippen LogP contribution in [0, 0.1) is 0 Å². The molecule has 0 atom stereocenters. The first kappa shape index (κ1) is 12.2. The summed E-state index contributed by atoms with van der Waals surface area (Å²) in [6.45, 7) is 1.50. The first-order valence-corrected chi connectivity index (χ1v) is 6.45. The van der Waals surface area contributed by atoms with Crippen molar-refractivity contribution >= 4 is 16.0 Å². The molecule has 0 bridgehead atoms. The molecule has 1 aliphatic rings. The van der Waals surface area contributed by atoms with Crippen molar-refractivity contribution in [3.8, 4) is 0 Å². The van der Waals surface area contributed by atoms with Crippen LogP contribution in [0.2, 0.25) is 0 Å². The summed E-state index contributed by atoms with van der Waals surface area (Å²) in [7, 11) is -3.53. The molecule has 1 aromatic heterocycles. The fourth-order valence-corrected chi connectivity index (χ4v) is 2.76. The van der Waals surface area contributed by atoms with Crippen LogP contribution in [0.3, 0.4) is 0 Å². The van der Waals surface area contributed by atoms with Crippen LogP contribution in [0.4, 0.5) is 5.95 Å². The van der Waals surface area contributed by atoms with Crippen LogP contribution >= 0.6 is 0 Å². The smallest absolute Gasteiger partial charge is 0.246 e. The van der Waals surface area contributed by atoms with Gasteiger partial charge in [0.15, 0.2) is 0 Å². The largest absolute Gasteiger partial charge is 0.379 e. The maximum Gasteiger partial charge on any atom is 0.246 e. The SMILES string of the molecule is NNc1ncc(S(=O)(=O)N2CCOCC2)cn1. The zero-order chi connectivity index (χ0) is 12.3. The summed E-state index contributed by atoms with van der Waals surface area (Å²) in [6.07, 6.45) is 2.46. The first-order valence-electron chi connectivity index (χ1n) is 5.01. The van der Waals surface area contributed by atoms with Crippen molar-refractivity contribution in [1.82, 2.24) is 14.3 Å². The molecule has 94 valence electrons. The lowest BCUT2D eigenvalue weighted by molar-refractivity contribution is 0.0730. The van der Waals surface area contributed by atoms with Crippen molar-refractivity contribution in [3.05, 3.63) is 12.4 Å². The van der Waals surface area contributed by atoms with E-state index in [9.17, 15) is 8.42 Å². The summed E-state index contributed by atoms with van der Waals surface area (Å²) in [5, 5.41) is 0. The van der Waals surface area contributed by atoms with E-state index in [1.54, 1.807) is 0 Å². The highest BCUT2D eigenvalue weighted by molar-refractivity contribution is 7.89. The number of nitrogens with zero attached hydrogens (tertiary/aromatic N) is 3. The Morgan fingerprint density at radius 2 is 1.88 bits per heavy atom. The van der Waals surface area contributed by atoms with Gasteiger partial charge in [0, 0.05) is 13.1 Å². The average Bonchev–Trinajstić information content (AvgIpc) is 2.40. The summed E-state index contributed by atoms with van der Waals surface area (Å²) < 4.78 is 30.7. The number of anilines is 1. The van der Waals surface area contributed by atoms with E-state index in [4.69, 9.17) is 10.6 Å². The van der Waals surface area contributed by atoms with Crippen molar-refractivity contribution in [2.75, 3.05) is 31.7 Å². The van der Waals surface area contributed by atoms with Gasteiger partial charge in [-0.15, -0.1) is 0 Å². The van der Waals surface area contributed by atoms with E-state index in [-0.39, 0.29) is 10.8 Å². The lowest BCUT2D eigenvalue weighted by Crippen LogP contribution is -2.40. The van der Waals surface area contributed by atoms with E-state index < -0.39 is 10.0 Å². The molecule has 1 aliphatic heterocycles. The minimum absolute atomic E-state index is 0.0541. The summed E-state index contributed by atoms with van der Waals surface area (Å²) in [5.74, 6) is 5.27. The van der Waals surface area contributed by atoms with Gasteiger partial charge in [0.1, 0.15) is 4.90 Å². The van der Waals surface area contributed by atoms with Gasteiger partial charge < -0.3 is 4.74 Å². The number of morpholine rings is 1. The maximum atomic E-state index is 12.1. The van der Waals surface area contributed by atoms with Crippen LogP contribution in [0.25, 0.3) is 0 Å². The number of nitrogens with two attached hydrogens (primary N) is 1. The third-order valence-corrected chi connectivity index (χ3v) is 4.22. The Bertz CT molecular complexity index is 468. The molecule has 0 radical (unpaired) electrons. The number of nitrogen functional groups attached to an aromatic ring is 1. The third kappa shape index (κ3) is 2.52. The normalized spacial score (nSPS) is 17.9. The molecule has 0 unspecified atom stereocenters. The molecule has 0 amide bonds. The Kier molecular flexibility index (Phi) is 3.52. The van der Waals surface area contributed by atoms with Crippen molar-refractivity contribution < 1.29 is 13.2 Å². The average molecular weight is 259 g/mol. The minimum atomic E-state index is -3.53. The number of hydrogen-bond acceptors (Lipinski definition) is 7. The monoisotopic (exact) mass is 259 g/mol. The van der Waals surface area contributed by atoms with Gasteiger partial charge in [-0.05, 0) is 0 Å². The molecule has 0 aliphatic carbocycles. The van der Waals surface area contributed by atoms with Crippen LogP contribution in [0.5, 0.6) is 0 Å².